The van der Waals surface area contributed by atoms with E-state index >= 15 is 0 Å². The molecule has 1 aliphatic carbocycles. The molecule has 0 aromatic carbocycles. The van der Waals surface area contributed by atoms with Crippen LogP contribution in [0, 0.1) is 17.2 Å². The van der Waals surface area contributed by atoms with E-state index in [9.17, 15) is 4.79 Å². The molecular formula is C8H11NO2. The van der Waals surface area contributed by atoms with Crippen LogP contribution in [-0.2, 0) is 9.53 Å². The average Bonchev–Trinajstić information content (AvgIpc) is 2.67. The van der Waals surface area contributed by atoms with Crippen molar-refractivity contribution in [1.82, 2.24) is 0 Å². The van der Waals surface area contributed by atoms with Gasteiger partial charge in [-0.3, -0.25) is 4.79 Å². The van der Waals surface area contributed by atoms with Gasteiger partial charge in [0.15, 0.2) is 0 Å². The molecule has 11 heavy (non-hydrogen) atoms. The van der Waals surface area contributed by atoms with Gasteiger partial charge in [0.05, 0.1) is 18.4 Å². The molecule has 0 aromatic rings. The molecule has 60 valence electrons. The van der Waals surface area contributed by atoms with Crippen molar-refractivity contribution in [1.29, 1.82) is 5.26 Å². The maximum atomic E-state index is 11.0. The summed E-state index contributed by atoms with van der Waals surface area (Å²) in [5.74, 6) is 0.00360. The highest BCUT2D eigenvalue weighted by molar-refractivity contribution is 5.75. The van der Waals surface area contributed by atoms with Crippen molar-refractivity contribution in [3.8, 4) is 6.07 Å². The van der Waals surface area contributed by atoms with E-state index in [4.69, 9.17) is 10.00 Å². The molecule has 0 bridgehead atoms. The molecule has 0 N–H and O–H groups in total. The van der Waals surface area contributed by atoms with Gasteiger partial charge in [-0.2, -0.15) is 5.26 Å². The Labute approximate surface area is 66.0 Å². The van der Waals surface area contributed by atoms with Crippen LogP contribution in [0.25, 0.3) is 0 Å². The van der Waals surface area contributed by atoms with Gasteiger partial charge in [0, 0.05) is 0 Å². The first-order chi connectivity index (χ1) is 5.24. The minimum absolute atomic E-state index is 0.132. The summed E-state index contributed by atoms with van der Waals surface area (Å²) in [6.07, 6.45) is 1.96. The molecule has 0 spiro atoms. The molecule has 3 nitrogen and oxygen atoms in total. The van der Waals surface area contributed by atoms with Crippen molar-refractivity contribution in [3.63, 3.8) is 0 Å². The number of nitrogens with zero attached hydrogens (tertiary/aromatic N) is 1. The topological polar surface area (TPSA) is 50.1 Å². The quantitative estimate of drug-likeness (QED) is 0.573. The molecule has 1 atom stereocenters. The van der Waals surface area contributed by atoms with Crippen molar-refractivity contribution in [2.45, 2.75) is 32.3 Å². The number of hydrogen-bond donors (Lipinski definition) is 0. The number of hydrogen-bond acceptors (Lipinski definition) is 3. The molecule has 3 heteroatoms. The van der Waals surface area contributed by atoms with E-state index in [1.54, 1.807) is 6.92 Å². The van der Waals surface area contributed by atoms with Gasteiger partial charge in [-0.25, -0.2) is 0 Å². The van der Waals surface area contributed by atoms with Crippen molar-refractivity contribution >= 4 is 5.97 Å². The van der Waals surface area contributed by atoms with Crippen molar-refractivity contribution in [2.24, 2.45) is 5.92 Å². The van der Waals surface area contributed by atoms with Gasteiger partial charge in [0.25, 0.3) is 0 Å². The lowest BCUT2D eigenvalue weighted by Crippen LogP contribution is -2.15. The summed E-state index contributed by atoms with van der Waals surface area (Å²) < 4.78 is 4.95. The monoisotopic (exact) mass is 153 g/mol. The van der Waals surface area contributed by atoms with Crippen LogP contribution in [0.1, 0.15) is 26.2 Å². The highest BCUT2D eigenvalue weighted by atomic mass is 16.5. The summed E-state index contributed by atoms with van der Waals surface area (Å²) in [6, 6.07) is 1.95. The molecule has 0 radical (unpaired) electrons. The van der Waals surface area contributed by atoms with E-state index in [1.165, 1.54) is 0 Å². The van der Waals surface area contributed by atoms with Gasteiger partial charge in [0.1, 0.15) is 6.10 Å². The maximum absolute atomic E-state index is 11.0. The SMILES string of the molecule is CC(CC#N)OC(=O)C1CC1. The molecule has 1 saturated carbocycles. The van der Waals surface area contributed by atoms with Crippen molar-refractivity contribution in [2.75, 3.05) is 0 Å². The van der Waals surface area contributed by atoms with E-state index < -0.39 is 0 Å². The summed E-state index contributed by atoms with van der Waals surface area (Å²) in [5.41, 5.74) is 0. The number of ether oxygens (including phenoxy) is 1. The first-order valence-corrected chi connectivity index (χ1v) is 3.81. The van der Waals surface area contributed by atoms with Gasteiger partial charge < -0.3 is 4.74 Å². The average molecular weight is 153 g/mol. The molecule has 0 saturated heterocycles. The fourth-order valence-electron chi connectivity index (χ4n) is 0.784. The van der Waals surface area contributed by atoms with Gasteiger partial charge in [-0.15, -0.1) is 0 Å². The molecule has 0 aromatic heterocycles. The molecule has 1 fully saturated rings. The molecule has 0 heterocycles. The zero-order valence-corrected chi connectivity index (χ0v) is 6.54. The van der Waals surface area contributed by atoms with Crippen LogP contribution in [0.2, 0.25) is 0 Å². The van der Waals surface area contributed by atoms with Gasteiger partial charge in [-0.05, 0) is 19.8 Å². The number of rotatable bonds is 3. The van der Waals surface area contributed by atoms with Gasteiger partial charge in [-0.1, -0.05) is 0 Å². The molecular weight excluding hydrogens is 142 g/mol. The minimum Gasteiger partial charge on any atom is -0.461 e. The van der Waals surface area contributed by atoms with Crippen molar-refractivity contribution < 1.29 is 9.53 Å². The van der Waals surface area contributed by atoms with Crippen molar-refractivity contribution in [3.05, 3.63) is 0 Å². The third-order valence-electron chi connectivity index (χ3n) is 1.61. The first kappa shape index (κ1) is 8.06. The third-order valence-corrected chi connectivity index (χ3v) is 1.61. The van der Waals surface area contributed by atoms with Gasteiger partial charge >= 0.3 is 5.97 Å². The molecule has 0 aliphatic heterocycles. The van der Waals surface area contributed by atoms with Crippen LogP contribution in [0.15, 0.2) is 0 Å². The van der Waals surface area contributed by atoms with Crippen LogP contribution in [0.5, 0.6) is 0 Å². The highest BCUT2D eigenvalue weighted by Crippen LogP contribution is 2.30. The van der Waals surface area contributed by atoms with E-state index in [2.05, 4.69) is 0 Å². The Morgan fingerprint density at radius 3 is 2.91 bits per heavy atom. The second kappa shape index (κ2) is 3.38. The zero-order chi connectivity index (χ0) is 8.27. The smallest absolute Gasteiger partial charge is 0.309 e. The Hall–Kier alpha value is -1.04. The lowest BCUT2D eigenvalue weighted by molar-refractivity contribution is -0.149. The summed E-state index contributed by atoms with van der Waals surface area (Å²) in [4.78, 5) is 11.0. The van der Waals surface area contributed by atoms with Crippen LogP contribution < -0.4 is 0 Å². The summed E-state index contributed by atoms with van der Waals surface area (Å²) in [6.45, 7) is 1.74. The van der Waals surface area contributed by atoms with E-state index in [-0.39, 0.29) is 18.0 Å². The fraction of sp³-hybridized carbons (Fsp3) is 0.750. The van der Waals surface area contributed by atoms with Gasteiger partial charge in [0.2, 0.25) is 0 Å². The fourth-order valence-corrected chi connectivity index (χ4v) is 0.784. The van der Waals surface area contributed by atoms with Crippen LogP contribution in [-0.4, -0.2) is 12.1 Å². The van der Waals surface area contributed by atoms with E-state index in [0.717, 1.165) is 12.8 Å². The van der Waals surface area contributed by atoms with Crippen LogP contribution >= 0.6 is 0 Å². The highest BCUT2D eigenvalue weighted by Gasteiger charge is 2.32. The number of carbonyl (C=O) groups excluding carboxylic acids is 1. The second-order valence-corrected chi connectivity index (χ2v) is 2.88. The Balaban J connectivity index is 2.18. The summed E-state index contributed by atoms with van der Waals surface area (Å²) in [7, 11) is 0. The Bertz CT molecular complexity index is 191. The predicted octanol–water partition coefficient (Wildman–Crippen LogP) is 1.24. The summed E-state index contributed by atoms with van der Waals surface area (Å²) in [5, 5.41) is 8.26. The standard InChI is InChI=1S/C8H11NO2/c1-6(4-5-9)11-8(10)7-2-3-7/h6-7H,2-4H2,1H3. The Morgan fingerprint density at radius 2 is 2.45 bits per heavy atom. The van der Waals surface area contributed by atoms with E-state index in [0.29, 0.717) is 6.42 Å². The number of carbonyl (C=O) groups is 1. The molecule has 1 rings (SSSR count). The largest absolute Gasteiger partial charge is 0.461 e. The predicted molar refractivity (Wildman–Crippen MR) is 38.5 cm³/mol. The minimum atomic E-state index is -0.243. The normalized spacial score (nSPS) is 18.5. The maximum Gasteiger partial charge on any atom is 0.309 e. The Morgan fingerprint density at radius 1 is 1.82 bits per heavy atom. The number of esters is 1. The van der Waals surface area contributed by atoms with E-state index in [1.807, 2.05) is 6.07 Å². The lowest BCUT2D eigenvalue weighted by Gasteiger charge is -2.08. The van der Waals surface area contributed by atoms with Crippen LogP contribution in [0.4, 0.5) is 0 Å². The first-order valence-electron chi connectivity index (χ1n) is 3.81. The third kappa shape index (κ3) is 2.58. The lowest BCUT2D eigenvalue weighted by atomic mass is 10.3. The summed E-state index contributed by atoms with van der Waals surface area (Å²) >= 11 is 0. The number of nitriles is 1. The molecule has 1 aliphatic rings. The van der Waals surface area contributed by atoms with Crippen LogP contribution in [0.3, 0.4) is 0 Å². The second-order valence-electron chi connectivity index (χ2n) is 2.88. The zero-order valence-electron chi connectivity index (χ0n) is 6.54. The Kier molecular flexibility index (Phi) is 2.48. The molecule has 0 amide bonds. The molecule has 1 unspecified atom stereocenters.